The lowest BCUT2D eigenvalue weighted by atomic mass is 10.2. The Balaban J connectivity index is 2.80. The van der Waals surface area contributed by atoms with Crippen LogP contribution in [0.5, 0.6) is 0 Å². The van der Waals surface area contributed by atoms with Crippen molar-refractivity contribution in [2.75, 3.05) is 18.7 Å². The molecule has 1 rings (SSSR count). The summed E-state index contributed by atoms with van der Waals surface area (Å²) in [5.74, 6) is -0.279. The van der Waals surface area contributed by atoms with E-state index in [1.165, 1.54) is 18.9 Å². The van der Waals surface area contributed by atoms with Crippen LogP contribution in [0, 0.1) is 6.92 Å². The van der Waals surface area contributed by atoms with Crippen LogP contribution in [0.3, 0.4) is 0 Å². The molecule has 0 radical (unpaired) electrons. The number of oxime groups is 1. The van der Waals surface area contributed by atoms with Crippen molar-refractivity contribution in [2.24, 2.45) is 5.16 Å². The van der Waals surface area contributed by atoms with E-state index in [-0.39, 0.29) is 11.2 Å². The molecule has 0 fully saturated rings. The van der Waals surface area contributed by atoms with Crippen LogP contribution in [-0.4, -0.2) is 40.4 Å². The quantitative estimate of drug-likeness (QED) is 0.616. The van der Waals surface area contributed by atoms with E-state index in [2.05, 4.69) is 25.5 Å². The first-order chi connectivity index (χ1) is 8.10. The first-order valence-electron chi connectivity index (χ1n) is 5.05. The number of hydrogen-bond donors (Lipinski definition) is 2. The summed E-state index contributed by atoms with van der Waals surface area (Å²) in [6.45, 7) is 3.72. The molecule has 7 heteroatoms. The summed E-state index contributed by atoms with van der Waals surface area (Å²) in [4.78, 5) is 16.7. The Bertz CT molecular complexity index is 416. The summed E-state index contributed by atoms with van der Waals surface area (Å²) in [5.41, 5.74) is 1.79. The second kappa shape index (κ2) is 6.29. The Kier molecular flexibility index (Phi) is 5.02. The normalized spacial score (nSPS) is 13.3. The minimum atomic E-state index is -0.279. The third-order valence-corrected chi connectivity index (χ3v) is 3.17. The molecule has 1 heterocycles. The predicted molar refractivity (Wildman–Crippen MR) is 69.4 cm³/mol. The van der Waals surface area contributed by atoms with Crippen molar-refractivity contribution in [3.05, 3.63) is 11.9 Å². The number of aryl methyl sites for hydroxylation is 1. The lowest BCUT2D eigenvalue weighted by molar-refractivity contribution is -0.110. The molecule has 1 unspecified atom stereocenters. The molecule has 1 atom stereocenters. The van der Waals surface area contributed by atoms with E-state index in [4.69, 9.17) is 0 Å². The van der Waals surface area contributed by atoms with Gasteiger partial charge < -0.3 is 10.2 Å². The summed E-state index contributed by atoms with van der Waals surface area (Å²) in [6, 6.07) is 0. The molecule has 0 saturated heterocycles. The third kappa shape index (κ3) is 3.48. The zero-order chi connectivity index (χ0) is 12.8. The van der Waals surface area contributed by atoms with Gasteiger partial charge in [-0.1, -0.05) is 5.16 Å². The molecule has 17 heavy (non-hydrogen) atoms. The molecular formula is C10H16N4O2S. The van der Waals surface area contributed by atoms with Crippen molar-refractivity contribution in [3.63, 3.8) is 0 Å². The van der Waals surface area contributed by atoms with Gasteiger partial charge in [-0.3, -0.25) is 9.89 Å². The van der Waals surface area contributed by atoms with Gasteiger partial charge in [-0.2, -0.15) is 16.9 Å². The van der Waals surface area contributed by atoms with Crippen LogP contribution in [-0.2, 0) is 9.63 Å². The van der Waals surface area contributed by atoms with Crippen LogP contribution in [0.15, 0.2) is 11.4 Å². The second-order valence-corrected chi connectivity index (χ2v) is 4.58. The number of nitrogens with one attached hydrogen (secondary N) is 2. The number of rotatable bonds is 5. The monoisotopic (exact) mass is 256 g/mol. The molecule has 0 aliphatic heterocycles. The van der Waals surface area contributed by atoms with E-state index in [9.17, 15) is 4.79 Å². The molecule has 0 aliphatic rings. The SMILES string of the molecule is CON=C(C(=O)Nc1cn[nH]c1C)C(C)SC. The second-order valence-electron chi connectivity index (χ2n) is 3.40. The molecule has 6 nitrogen and oxygen atoms in total. The fraction of sp³-hybridized carbons (Fsp3) is 0.500. The molecule has 0 saturated carbocycles. The van der Waals surface area contributed by atoms with Gasteiger partial charge in [0, 0.05) is 0 Å². The fourth-order valence-electron chi connectivity index (χ4n) is 1.17. The predicted octanol–water partition coefficient (Wildman–Crippen LogP) is 1.41. The highest BCUT2D eigenvalue weighted by atomic mass is 32.2. The van der Waals surface area contributed by atoms with Gasteiger partial charge in [0.25, 0.3) is 5.91 Å². The fourth-order valence-corrected chi connectivity index (χ4v) is 1.55. The molecule has 1 aromatic heterocycles. The van der Waals surface area contributed by atoms with E-state index in [0.29, 0.717) is 11.4 Å². The first kappa shape index (κ1) is 13.6. The number of amides is 1. The number of anilines is 1. The summed E-state index contributed by atoms with van der Waals surface area (Å²) in [7, 11) is 1.42. The van der Waals surface area contributed by atoms with E-state index in [1.807, 2.05) is 20.1 Å². The Hall–Kier alpha value is -1.50. The van der Waals surface area contributed by atoms with Gasteiger partial charge in [-0.25, -0.2) is 0 Å². The Labute approximate surface area is 104 Å². The van der Waals surface area contributed by atoms with Gasteiger partial charge in [0.1, 0.15) is 7.11 Å². The summed E-state index contributed by atoms with van der Waals surface area (Å²) >= 11 is 1.52. The van der Waals surface area contributed by atoms with Gasteiger partial charge in [-0.15, -0.1) is 0 Å². The highest BCUT2D eigenvalue weighted by Crippen LogP contribution is 2.13. The van der Waals surface area contributed by atoms with Crippen LogP contribution in [0.25, 0.3) is 0 Å². The van der Waals surface area contributed by atoms with Gasteiger partial charge in [0.05, 0.1) is 22.8 Å². The average molecular weight is 256 g/mol. The number of H-pyrrole nitrogens is 1. The maximum atomic E-state index is 12.0. The summed E-state index contributed by atoms with van der Waals surface area (Å²) in [5, 5.41) is 13.0. The number of thioether (sulfide) groups is 1. The molecule has 0 aromatic carbocycles. The number of aromatic nitrogens is 2. The summed E-state index contributed by atoms with van der Waals surface area (Å²) in [6.07, 6.45) is 3.47. The lowest BCUT2D eigenvalue weighted by Crippen LogP contribution is -2.30. The topological polar surface area (TPSA) is 79.4 Å². The largest absolute Gasteiger partial charge is 0.399 e. The number of aromatic amines is 1. The number of nitrogens with zero attached hydrogens (tertiary/aromatic N) is 2. The van der Waals surface area contributed by atoms with E-state index in [0.717, 1.165) is 5.69 Å². The van der Waals surface area contributed by atoms with E-state index < -0.39 is 0 Å². The standard InChI is InChI=1S/C10H16N4O2S/c1-6-8(5-11-13-6)12-10(15)9(14-16-3)7(2)17-4/h5,7H,1-4H3,(H,11,13)(H,12,15). The van der Waals surface area contributed by atoms with Crippen molar-refractivity contribution in [2.45, 2.75) is 19.1 Å². The molecule has 0 bridgehead atoms. The van der Waals surface area contributed by atoms with Crippen LogP contribution < -0.4 is 5.32 Å². The third-order valence-electron chi connectivity index (χ3n) is 2.24. The number of hydrogen-bond acceptors (Lipinski definition) is 5. The van der Waals surface area contributed by atoms with E-state index in [1.54, 1.807) is 6.20 Å². The Morgan fingerprint density at radius 2 is 2.41 bits per heavy atom. The maximum Gasteiger partial charge on any atom is 0.274 e. The molecule has 1 aromatic rings. The highest BCUT2D eigenvalue weighted by molar-refractivity contribution is 8.00. The number of carbonyl (C=O) groups is 1. The zero-order valence-electron chi connectivity index (χ0n) is 10.3. The minimum absolute atomic E-state index is 0.0397. The van der Waals surface area contributed by atoms with E-state index >= 15 is 0 Å². The maximum absolute atomic E-state index is 12.0. The van der Waals surface area contributed by atoms with Crippen LogP contribution >= 0.6 is 11.8 Å². The van der Waals surface area contributed by atoms with Gasteiger partial charge in [0.2, 0.25) is 0 Å². The molecule has 1 amide bonds. The van der Waals surface area contributed by atoms with Crippen molar-refractivity contribution < 1.29 is 9.63 Å². The van der Waals surface area contributed by atoms with Gasteiger partial charge in [-0.05, 0) is 20.1 Å². The lowest BCUT2D eigenvalue weighted by Gasteiger charge is -2.11. The van der Waals surface area contributed by atoms with Crippen molar-refractivity contribution >= 4 is 29.1 Å². The van der Waals surface area contributed by atoms with Crippen molar-refractivity contribution in [1.82, 2.24) is 10.2 Å². The molecular weight excluding hydrogens is 240 g/mol. The first-order valence-corrected chi connectivity index (χ1v) is 6.34. The number of carbonyl (C=O) groups excluding carboxylic acids is 1. The van der Waals surface area contributed by atoms with Crippen molar-refractivity contribution in [3.8, 4) is 0 Å². The van der Waals surface area contributed by atoms with Crippen LogP contribution in [0.4, 0.5) is 5.69 Å². The molecule has 94 valence electrons. The smallest absolute Gasteiger partial charge is 0.274 e. The van der Waals surface area contributed by atoms with Crippen LogP contribution in [0.2, 0.25) is 0 Å². The molecule has 0 aliphatic carbocycles. The Morgan fingerprint density at radius 1 is 1.71 bits per heavy atom. The average Bonchev–Trinajstić information content (AvgIpc) is 2.71. The van der Waals surface area contributed by atoms with Crippen molar-refractivity contribution in [1.29, 1.82) is 0 Å². The molecule has 0 spiro atoms. The highest BCUT2D eigenvalue weighted by Gasteiger charge is 2.20. The van der Waals surface area contributed by atoms with Crippen LogP contribution in [0.1, 0.15) is 12.6 Å². The Morgan fingerprint density at radius 3 is 2.88 bits per heavy atom. The summed E-state index contributed by atoms with van der Waals surface area (Å²) < 4.78 is 0. The van der Waals surface area contributed by atoms with Gasteiger partial charge in [0.15, 0.2) is 5.71 Å². The minimum Gasteiger partial charge on any atom is -0.399 e. The molecule has 2 N–H and O–H groups in total. The zero-order valence-corrected chi connectivity index (χ0v) is 11.1. The van der Waals surface area contributed by atoms with Gasteiger partial charge >= 0.3 is 0 Å².